The minimum absolute atomic E-state index is 0.0671. The molecule has 0 aromatic heterocycles. The van der Waals surface area contributed by atoms with E-state index in [4.69, 9.17) is 0 Å². The molecule has 0 saturated heterocycles. The lowest BCUT2D eigenvalue weighted by Crippen LogP contribution is -2.58. The second kappa shape index (κ2) is 5.63. The molecule has 0 radical (unpaired) electrons. The minimum Gasteiger partial charge on any atom is -0.386 e. The van der Waals surface area contributed by atoms with Gasteiger partial charge in [-0.1, -0.05) is 30.3 Å². The maximum Gasteiger partial charge on any atom is 0.277 e. The standard InChI is InChI=1S/C12H18N2O2/c1-9(14(2)11(15)8-13)12(16)10-6-4-3-5-7-10/h3-7,9,12,16H,8,13H2,1-2H3/p+1/t9-,12+/m1/s1. The average molecular weight is 223 g/mol. The van der Waals surface area contributed by atoms with Gasteiger partial charge in [0.15, 0.2) is 6.54 Å². The zero-order valence-corrected chi connectivity index (χ0v) is 9.76. The van der Waals surface area contributed by atoms with Gasteiger partial charge in [-0.2, -0.15) is 0 Å². The van der Waals surface area contributed by atoms with Crippen LogP contribution in [-0.4, -0.2) is 35.5 Å². The summed E-state index contributed by atoms with van der Waals surface area (Å²) in [5, 5.41) is 10.1. The molecule has 0 aliphatic rings. The topological polar surface area (TPSA) is 68.2 Å². The summed E-state index contributed by atoms with van der Waals surface area (Å²) in [6.45, 7) is 2.04. The predicted molar refractivity (Wildman–Crippen MR) is 61.4 cm³/mol. The van der Waals surface area contributed by atoms with Gasteiger partial charge in [-0.05, 0) is 12.5 Å². The molecule has 1 aromatic rings. The van der Waals surface area contributed by atoms with Crippen molar-refractivity contribution in [1.29, 1.82) is 0 Å². The van der Waals surface area contributed by atoms with Gasteiger partial charge in [0, 0.05) is 7.05 Å². The number of hydrogen-bond donors (Lipinski definition) is 2. The second-order valence-corrected chi connectivity index (χ2v) is 3.85. The number of rotatable bonds is 4. The molecule has 2 atom stereocenters. The summed E-state index contributed by atoms with van der Waals surface area (Å²) in [4.78, 5) is 13.0. The Kier molecular flexibility index (Phi) is 4.46. The van der Waals surface area contributed by atoms with E-state index in [-0.39, 0.29) is 18.5 Å². The fourth-order valence-corrected chi connectivity index (χ4v) is 1.54. The molecular weight excluding hydrogens is 204 g/mol. The van der Waals surface area contributed by atoms with E-state index in [0.717, 1.165) is 5.56 Å². The summed E-state index contributed by atoms with van der Waals surface area (Å²) < 4.78 is 0. The molecule has 0 unspecified atom stereocenters. The van der Waals surface area contributed by atoms with Crippen LogP contribution >= 0.6 is 0 Å². The molecule has 1 rings (SSSR count). The SMILES string of the molecule is C[C@H]([C@H](O)c1ccccc1)N(C)C(=O)C[NH3+]. The first-order valence-corrected chi connectivity index (χ1v) is 5.35. The molecule has 4 N–H and O–H groups in total. The number of likely N-dealkylation sites (N-methyl/N-ethyl adjacent to an activating group) is 1. The van der Waals surface area contributed by atoms with Crippen molar-refractivity contribution in [1.82, 2.24) is 4.90 Å². The van der Waals surface area contributed by atoms with E-state index in [1.54, 1.807) is 7.05 Å². The largest absolute Gasteiger partial charge is 0.386 e. The molecule has 0 spiro atoms. The van der Waals surface area contributed by atoms with Crippen molar-refractivity contribution < 1.29 is 15.6 Å². The van der Waals surface area contributed by atoms with Crippen LogP contribution in [0.3, 0.4) is 0 Å². The minimum atomic E-state index is -0.665. The summed E-state index contributed by atoms with van der Waals surface area (Å²) in [6.07, 6.45) is -0.665. The van der Waals surface area contributed by atoms with E-state index >= 15 is 0 Å². The van der Waals surface area contributed by atoms with Gasteiger partial charge >= 0.3 is 0 Å². The van der Waals surface area contributed by atoms with Crippen molar-refractivity contribution in [3.63, 3.8) is 0 Å². The quantitative estimate of drug-likeness (QED) is 0.743. The molecule has 0 saturated carbocycles. The Morgan fingerprint density at radius 2 is 2.00 bits per heavy atom. The summed E-state index contributed by atoms with van der Waals surface area (Å²) in [7, 11) is 1.68. The summed E-state index contributed by atoms with van der Waals surface area (Å²) in [5.74, 6) is -0.0671. The summed E-state index contributed by atoms with van der Waals surface area (Å²) >= 11 is 0. The van der Waals surface area contributed by atoms with E-state index in [1.807, 2.05) is 37.3 Å². The second-order valence-electron chi connectivity index (χ2n) is 3.85. The van der Waals surface area contributed by atoms with Gasteiger partial charge in [-0.15, -0.1) is 0 Å². The zero-order chi connectivity index (χ0) is 12.1. The molecular formula is C12H19N2O2+. The molecule has 1 amide bonds. The Bertz CT molecular complexity index is 340. The first kappa shape index (κ1) is 12.7. The number of carbonyl (C=O) groups excluding carboxylic acids is 1. The fraction of sp³-hybridized carbons (Fsp3) is 0.417. The molecule has 0 fully saturated rings. The van der Waals surface area contributed by atoms with Gasteiger partial charge in [0.05, 0.1) is 12.1 Å². The van der Waals surface area contributed by atoms with E-state index in [9.17, 15) is 9.90 Å². The third-order valence-corrected chi connectivity index (χ3v) is 2.82. The fourth-order valence-electron chi connectivity index (χ4n) is 1.54. The lowest BCUT2D eigenvalue weighted by molar-refractivity contribution is -0.357. The highest BCUT2D eigenvalue weighted by molar-refractivity contribution is 5.76. The summed E-state index contributed by atoms with van der Waals surface area (Å²) in [5.41, 5.74) is 4.37. The van der Waals surface area contributed by atoms with Crippen LogP contribution in [-0.2, 0) is 4.79 Å². The van der Waals surface area contributed by atoms with Crippen LogP contribution in [0.4, 0.5) is 0 Å². The van der Waals surface area contributed by atoms with Crippen LogP contribution in [0, 0.1) is 0 Å². The number of carbonyl (C=O) groups is 1. The Morgan fingerprint density at radius 1 is 1.44 bits per heavy atom. The van der Waals surface area contributed by atoms with Gasteiger partial charge in [-0.25, -0.2) is 0 Å². The van der Waals surface area contributed by atoms with E-state index in [0.29, 0.717) is 0 Å². The Labute approximate surface area is 95.7 Å². The van der Waals surface area contributed by atoms with Crippen molar-refractivity contribution >= 4 is 5.91 Å². The molecule has 4 nitrogen and oxygen atoms in total. The molecule has 0 aliphatic heterocycles. The van der Waals surface area contributed by atoms with Crippen LogP contribution in [0.2, 0.25) is 0 Å². The average Bonchev–Trinajstić information content (AvgIpc) is 2.36. The van der Waals surface area contributed by atoms with Crippen LogP contribution in [0.1, 0.15) is 18.6 Å². The van der Waals surface area contributed by atoms with Crippen molar-refractivity contribution in [3.8, 4) is 0 Å². The smallest absolute Gasteiger partial charge is 0.277 e. The van der Waals surface area contributed by atoms with Gasteiger partial charge in [-0.3, -0.25) is 4.79 Å². The number of benzene rings is 1. The normalized spacial score (nSPS) is 14.2. The first-order valence-electron chi connectivity index (χ1n) is 5.35. The van der Waals surface area contributed by atoms with Crippen molar-refractivity contribution in [3.05, 3.63) is 35.9 Å². The van der Waals surface area contributed by atoms with E-state index in [2.05, 4.69) is 5.73 Å². The van der Waals surface area contributed by atoms with Crippen LogP contribution in [0.15, 0.2) is 30.3 Å². The van der Waals surface area contributed by atoms with Crippen LogP contribution < -0.4 is 5.73 Å². The van der Waals surface area contributed by atoms with Gasteiger partial charge < -0.3 is 15.7 Å². The maximum absolute atomic E-state index is 11.4. The summed E-state index contributed by atoms with van der Waals surface area (Å²) in [6, 6.07) is 9.08. The van der Waals surface area contributed by atoms with Crippen molar-refractivity contribution in [2.75, 3.05) is 13.6 Å². The van der Waals surface area contributed by atoms with Crippen LogP contribution in [0.25, 0.3) is 0 Å². The number of aliphatic hydroxyl groups is 1. The highest BCUT2D eigenvalue weighted by atomic mass is 16.3. The number of quaternary nitrogens is 1. The monoisotopic (exact) mass is 223 g/mol. The molecule has 16 heavy (non-hydrogen) atoms. The molecule has 0 aliphatic carbocycles. The third kappa shape index (κ3) is 2.81. The van der Waals surface area contributed by atoms with E-state index in [1.165, 1.54) is 4.90 Å². The first-order chi connectivity index (χ1) is 7.57. The van der Waals surface area contributed by atoms with Crippen molar-refractivity contribution in [2.45, 2.75) is 19.1 Å². The Balaban J connectivity index is 2.74. The number of hydrogen-bond acceptors (Lipinski definition) is 2. The molecule has 1 aromatic carbocycles. The Hall–Kier alpha value is -1.39. The van der Waals surface area contributed by atoms with Crippen LogP contribution in [0.5, 0.6) is 0 Å². The van der Waals surface area contributed by atoms with Crippen molar-refractivity contribution in [2.24, 2.45) is 0 Å². The molecule has 0 heterocycles. The number of amides is 1. The molecule has 88 valence electrons. The molecule has 4 heteroatoms. The predicted octanol–water partition coefficient (Wildman–Crippen LogP) is -0.191. The molecule has 0 bridgehead atoms. The van der Waals surface area contributed by atoms with Gasteiger partial charge in [0.25, 0.3) is 5.91 Å². The Morgan fingerprint density at radius 3 is 2.50 bits per heavy atom. The number of nitrogens with zero attached hydrogens (tertiary/aromatic N) is 1. The maximum atomic E-state index is 11.4. The highest BCUT2D eigenvalue weighted by Gasteiger charge is 2.23. The lowest BCUT2D eigenvalue weighted by Gasteiger charge is -2.28. The number of aliphatic hydroxyl groups excluding tert-OH is 1. The van der Waals surface area contributed by atoms with Gasteiger partial charge in [0.2, 0.25) is 0 Å². The van der Waals surface area contributed by atoms with E-state index < -0.39 is 6.10 Å². The lowest BCUT2D eigenvalue weighted by atomic mass is 10.0. The zero-order valence-electron chi connectivity index (χ0n) is 9.76. The highest BCUT2D eigenvalue weighted by Crippen LogP contribution is 2.19. The third-order valence-electron chi connectivity index (χ3n) is 2.82. The van der Waals surface area contributed by atoms with Gasteiger partial charge in [0.1, 0.15) is 0 Å².